The van der Waals surface area contributed by atoms with Gasteiger partial charge < -0.3 is 15.2 Å². The Morgan fingerprint density at radius 2 is 2.33 bits per heavy atom. The molecule has 0 aromatic carbocycles. The van der Waals surface area contributed by atoms with E-state index >= 15 is 0 Å². The van der Waals surface area contributed by atoms with Crippen molar-refractivity contribution < 1.29 is 4.79 Å². The Hall–Kier alpha value is -1.10. The van der Waals surface area contributed by atoms with E-state index in [1.165, 1.54) is 0 Å². The topological polar surface area (TPSA) is 51.3 Å². The highest BCUT2D eigenvalue weighted by Crippen LogP contribution is 2.11. The first-order valence-electron chi connectivity index (χ1n) is 4.72. The number of aryl methyl sites for hydroxylation is 1. The third-order valence-electron chi connectivity index (χ3n) is 2.22. The molecule has 0 atom stereocenters. The van der Waals surface area contributed by atoms with Crippen molar-refractivity contribution in [1.29, 1.82) is 0 Å². The van der Waals surface area contributed by atoms with E-state index < -0.39 is 0 Å². The number of anilines is 1. The summed E-state index contributed by atoms with van der Waals surface area (Å²) in [6.07, 6.45) is 3.77. The fourth-order valence-corrected chi connectivity index (χ4v) is 1.78. The van der Waals surface area contributed by atoms with Crippen LogP contribution < -0.4 is 5.73 Å². The van der Waals surface area contributed by atoms with Gasteiger partial charge in [-0.25, -0.2) is 0 Å². The second-order valence-corrected chi connectivity index (χ2v) is 4.47. The van der Waals surface area contributed by atoms with Crippen LogP contribution in [0.15, 0.2) is 12.3 Å². The SMILES string of the molecule is CSCCN(C)C(=O)c1cc(N)cn1C. The van der Waals surface area contributed by atoms with Gasteiger partial charge in [-0.2, -0.15) is 11.8 Å². The average Bonchev–Trinajstić information content (AvgIpc) is 2.53. The predicted octanol–water partition coefficient (Wildman–Crippen LogP) is 1.04. The first-order valence-corrected chi connectivity index (χ1v) is 6.12. The molecule has 1 heterocycles. The van der Waals surface area contributed by atoms with E-state index in [4.69, 9.17) is 5.73 Å². The maximum absolute atomic E-state index is 11.9. The van der Waals surface area contributed by atoms with Crippen LogP contribution in [-0.4, -0.2) is 41.0 Å². The summed E-state index contributed by atoms with van der Waals surface area (Å²) >= 11 is 1.73. The fourth-order valence-electron chi connectivity index (χ4n) is 1.33. The smallest absolute Gasteiger partial charge is 0.270 e. The molecule has 0 aliphatic heterocycles. The van der Waals surface area contributed by atoms with Gasteiger partial charge in [-0.05, 0) is 12.3 Å². The number of hydrogen-bond donors (Lipinski definition) is 1. The third-order valence-corrected chi connectivity index (χ3v) is 2.81. The maximum atomic E-state index is 11.9. The molecule has 1 rings (SSSR count). The second kappa shape index (κ2) is 5.11. The Labute approximate surface area is 94.4 Å². The Balaban J connectivity index is 2.71. The highest BCUT2D eigenvalue weighted by Gasteiger charge is 2.14. The summed E-state index contributed by atoms with van der Waals surface area (Å²) in [5.74, 6) is 0.963. The first-order chi connectivity index (χ1) is 7.06. The molecule has 1 amide bonds. The lowest BCUT2D eigenvalue weighted by atomic mass is 10.3. The van der Waals surface area contributed by atoms with Gasteiger partial charge in [0, 0.05) is 32.6 Å². The minimum atomic E-state index is 0.0169. The number of rotatable bonds is 4. The van der Waals surface area contributed by atoms with Crippen LogP contribution >= 0.6 is 11.8 Å². The van der Waals surface area contributed by atoms with Crippen molar-refractivity contribution in [1.82, 2.24) is 9.47 Å². The van der Waals surface area contributed by atoms with Crippen LogP contribution in [0.3, 0.4) is 0 Å². The van der Waals surface area contributed by atoms with Crippen LogP contribution in [0.4, 0.5) is 5.69 Å². The van der Waals surface area contributed by atoms with Gasteiger partial charge in [-0.15, -0.1) is 0 Å². The molecule has 0 saturated heterocycles. The Morgan fingerprint density at radius 1 is 1.67 bits per heavy atom. The zero-order valence-corrected chi connectivity index (χ0v) is 10.2. The zero-order valence-electron chi connectivity index (χ0n) is 9.36. The normalized spacial score (nSPS) is 10.3. The van der Waals surface area contributed by atoms with Gasteiger partial charge >= 0.3 is 0 Å². The number of aromatic nitrogens is 1. The van der Waals surface area contributed by atoms with Crippen molar-refractivity contribution in [3.8, 4) is 0 Å². The molecule has 0 radical (unpaired) electrons. The van der Waals surface area contributed by atoms with Crippen molar-refractivity contribution in [2.75, 3.05) is 31.3 Å². The standard InChI is InChI=1S/C10H17N3OS/c1-12(4-5-15-3)10(14)9-6-8(11)7-13(9)2/h6-7H,4-5,11H2,1-3H3. The number of hydrogen-bond acceptors (Lipinski definition) is 3. The van der Waals surface area contributed by atoms with Gasteiger partial charge in [-0.1, -0.05) is 0 Å². The molecule has 4 nitrogen and oxygen atoms in total. The summed E-state index contributed by atoms with van der Waals surface area (Å²) in [7, 11) is 3.63. The lowest BCUT2D eigenvalue weighted by Gasteiger charge is -2.16. The summed E-state index contributed by atoms with van der Waals surface area (Å²) < 4.78 is 1.76. The quantitative estimate of drug-likeness (QED) is 0.836. The summed E-state index contributed by atoms with van der Waals surface area (Å²) in [5, 5.41) is 0. The average molecular weight is 227 g/mol. The van der Waals surface area contributed by atoms with Crippen molar-refractivity contribution in [3.63, 3.8) is 0 Å². The number of carbonyl (C=O) groups is 1. The van der Waals surface area contributed by atoms with Crippen molar-refractivity contribution >= 4 is 23.4 Å². The van der Waals surface area contributed by atoms with E-state index in [0.717, 1.165) is 12.3 Å². The molecule has 0 bridgehead atoms. The van der Waals surface area contributed by atoms with Gasteiger partial charge in [0.25, 0.3) is 5.91 Å². The molecule has 2 N–H and O–H groups in total. The minimum absolute atomic E-state index is 0.0169. The molecule has 84 valence electrons. The summed E-state index contributed by atoms with van der Waals surface area (Å²) in [6, 6.07) is 1.71. The van der Waals surface area contributed by atoms with E-state index in [0.29, 0.717) is 11.4 Å². The molecule has 15 heavy (non-hydrogen) atoms. The van der Waals surface area contributed by atoms with E-state index in [-0.39, 0.29) is 5.91 Å². The Kier molecular flexibility index (Phi) is 4.08. The summed E-state index contributed by atoms with van der Waals surface area (Å²) in [5.41, 5.74) is 6.88. The number of thioether (sulfide) groups is 1. The first kappa shape index (κ1) is 12.0. The van der Waals surface area contributed by atoms with Crippen LogP contribution in [0.2, 0.25) is 0 Å². The van der Waals surface area contributed by atoms with Gasteiger partial charge in [-0.3, -0.25) is 4.79 Å². The van der Waals surface area contributed by atoms with Crippen molar-refractivity contribution in [2.24, 2.45) is 7.05 Å². The predicted molar refractivity (Wildman–Crippen MR) is 65.2 cm³/mol. The van der Waals surface area contributed by atoms with E-state index in [1.54, 1.807) is 33.5 Å². The number of nitrogen functional groups attached to an aromatic ring is 1. The summed E-state index contributed by atoms with van der Waals surface area (Å²) in [4.78, 5) is 13.6. The Morgan fingerprint density at radius 3 is 2.80 bits per heavy atom. The molecule has 1 aromatic heterocycles. The van der Waals surface area contributed by atoms with Crippen molar-refractivity contribution in [2.45, 2.75) is 0 Å². The number of carbonyl (C=O) groups excluding carboxylic acids is 1. The van der Waals surface area contributed by atoms with Gasteiger partial charge in [0.1, 0.15) is 5.69 Å². The Bertz CT molecular complexity index is 348. The molecule has 5 heteroatoms. The maximum Gasteiger partial charge on any atom is 0.270 e. The molecule has 1 aromatic rings. The summed E-state index contributed by atoms with van der Waals surface area (Å²) in [6.45, 7) is 0.755. The van der Waals surface area contributed by atoms with Gasteiger partial charge in [0.05, 0.1) is 5.69 Å². The lowest BCUT2D eigenvalue weighted by molar-refractivity contribution is 0.0794. The molecule has 0 fully saturated rings. The minimum Gasteiger partial charge on any atom is -0.397 e. The van der Waals surface area contributed by atoms with Gasteiger partial charge in [0.15, 0.2) is 0 Å². The highest BCUT2D eigenvalue weighted by molar-refractivity contribution is 7.98. The molecule has 0 saturated carbocycles. The molecule has 0 unspecified atom stereocenters. The van der Waals surface area contributed by atoms with Crippen LogP contribution in [0.5, 0.6) is 0 Å². The van der Waals surface area contributed by atoms with E-state index in [9.17, 15) is 4.79 Å². The van der Waals surface area contributed by atoms with Crippen LogP contribution in [-0.2, 0) is 7.05 Å². The van der Waals surface area contributed by atoms with Gasteiger partial charge in [0.2, 0.25) is 0 Å². The molecular formula is C10H17N3OS. The number of nitrogens with zero attached hydrogens (tertiary/aromatic N) is 2. The lowest BCUT2D eigenvalue weighted by Crippen LogP contribution is -2.30. The largest absolute Gasteiger partial charge is 0.397 e. The monoisotopic (exact) mass is 227 g/mol. The molecule has 0 spiro atoms. The van der Waals surface area contributed by atoms with Crippen LogP contribution in [0.1, 0.15) is 10.5 Å². The number of nitrogens with two attached hydrogens (primary N) is 1. The number of amides is 1. The molecular weight excluding hydrogens is 210 g/mol. The zero-order chi connectivity index (χ0) is 11.4. The van der Waals surface area contributed by atoms with Crippen molar-refractivity contribution in [3.05, 3.63) is 18.0 Å². The third kappa shape index (κ3) is 2.92. The molecule has 0 aliphatic rings. The fraction of sp³-hybridized carbons (Fsp3) is 0.500. The molecule has 0 aliphatic carbocycles. The second-order valence-electron chi connectivity index (χ2n) is 3.49. The van der Waals surface area contributed by atoms with Crippen LogP contribution in [0, 0.1) is 0 Å². The van der Waals surface area contributed by atoms with Crippen LogP contribution in [0.25, 0.3) is 0 Å². The van der Waals surface area contributed by atoms with E-state index in [1.807, 2.05) is 20.4 Å². The highest BCUT2D eigenvalue weighted by atomic mass is 32.2. The van der Waals surface area contributed by atoms with E-state index in [2.05, 4.69) is 0 Å².